The zero-order valence-electron chi connectivity index (χ0n) is 15.7. The first kappa shape index (κ1) is 19.2. The Bertz CT molecular complexity index is 490. The molecule has 0 bridgehead atoms. The van der Waals surface area contributed by atoms with Crippen molar-refractivity contribution < 1.29 is 0 Å². The van der Waals surface area contributed by atoms with Crippen LogP contribution in [0.2, 0.25) is 0 Å². The SMILES string of the molecule is CN=C(NCC(c1cccs1)N(C)C)NC1CCN(C(C)C)CC1. The molecule has 0 amide bonds. The summed E-state index contributed by atoms with van der Waals surface area (Å²) < 4.78 is 0. The smallest absolute Gasteiger partial charge is 0.191 e. The van der Waals surface area contributed by atoms with E-state index in [1.165, 1.54) is 30.8 Å². The van der Waals surface area contributed by atoms with Crippen molar-refractivity contribution in [3.05, 3.63) is 22.4 Å². The first-order chi connectivity index (χ1) is 11.5. The normalized spacial score (nSPS) is 19.0. The summed E-state index contributed by atoms with van der Waals surface area (Å²) in [5.74, 6) is 0.918. The second-order valence-electron chi connectivity index (χ2n) is 7.00. The summed E-state index contributed by atoms with van der Waals surface area (Å²) in [5, 5.41) is 9.25. The summed E-state index contributed by atoms with van der Waals surface area (Å²) in [6.07, 6.45) is 2.36. The van der Waals surface area contributed by atoms with Crippen molar-refractivity contribution in [2.75, 3.05) is 40.8 Å². The predicted octanol–water partition coefficient (Wildman–Crippen LogP) is 2.39. The van der Waals surface area contributed by atoms with Gasteiger partial charge in [-0.1, -0.05) is 6.07 Å². The Kier molecular flexibility index (Phi) is 7.52. The van der Waals surface area contributed by atoms with Gasteiger partial charge in [0.1, 0.15) is 0 Å². The van der Waals surface area contributed by atoms with Crippen LogP contribution in [0.25, 0.3) is 0 Å². The predicted molar refractivity (Wildman–Crippen MR) is 105 cm³/mol. The molecule has 1 fully saturated rings. The number of hydrogen-bond donors (Lipinski definition) is 2. The lowest BCUT2D eigenvalue weighted by atomic mass is 10.0. The summed E-state index contributed by atoms with van der Waals surface area (Å²) in [5.41, 5.74) is 0. The molecule has 1 atom stereocenters. The average molecular weight is 352 g/mol. The van der Waals surface area contributed by atoms with Crippen molar-refractivity contribution in [2.45, 2.75) is 44.8 Å². The quantitative estimate of drug-likeness (QED) is 0.610. The Morgan fingerprint density at radius 2 is 2.08 bits per heavy atom. The van der Waals surface area contributed by atoms with Crippen LogP contribution in [-0.2, 0) is 0 Å². The van der Waals surface area contributed by atoms with Gasteiger partial charge in [0.2, 0.25) is 0 Å². The minimum Gasteiger partial charge on any atom is -0.354 e. The molecular formula is C18H33N5S. The van der Waals surface area contributed by atoms with Gasteiger partial charge < -0.3 is 20.4 Å². The van der Waals surface area contributed by atoms with Gasteiger partial charge in [0.25, 0.3) is 0 Å². The number of thiophene rings is 1. The maximum Gasteiger partial charge on any atom is 0.191 e. The molecule has 5 nitrogen and oxygen atoms in total. The lowest BCUT2D eigenvalue weighted by Crippen LogP contribution is -2.50. The highest BCUT2D eigenvalue weighted by Crippen LogP contribution is 2.22. The van der Waals surface area contributed by atoms with Gasteiger partial charge in [-0.25, -0.2) is 0 Å². The molecule has 1 unspecified atom stereocenters. The highest BCUT2D eigenvalue weighted by molar-refractivity contribution is 7.10. The van der Waals surface area contributed by atoms with E-state index in [2.05, 4.69) is 70.9 Å². The fourth-order valence-corrected chi connectivity index (χ4v) is 4.08. The monoisotopic (exact) mass is 351 g/mol. The minimum absolute atomic E-state index is 0.367. The number of hydrogen-bond acceptors (Lipinski definition) is 4. The Morgan fingerprint density at radius 3 is 2.58 bits per heavy atom. The van der Waals surface area contributed by atoms with Crippen molar-refractivity contribution in [3.63, 3.8) is 0 Å². The molecule has 2 heterocycles. The molecule has 1 saturated heterocycles. The number of likely N-dealkylation sites (N-methyl/N-ethyl adjacent to an activating group) is 1. The van der Waals surface area contributed by atoms with Gasteiger partial charge >= 0.3 is 0 Å². The van der Waals surface area contributed by atoms with E-state index in [4.69, 9.17) is 0 Å². The van der Waals surface area contributed by atoms with E-state index in [9.17, 15) is 0 Å². The van der Waals surface area contributed by atoms with E-state index >= 15 is 0 Å². The Balaban J connectivity index is 1.82. The third-order valence-electron chi connectivity index (χ3n) is 4.78. The summed E-state index contributed by atoms with van der Waals surface area (Å²) in [7, 11) is 6.11. The lowest BCUT2D eigenvalue weighted by Gasteiger charge is -2.35. The molecule has 6 heteroatoms. The average Bonchev–Trinajstić information content (AvgIpc) is 3.08. The molecule has 1 aliphatic rings. The van der Waals surface area contributed by atoms with Crippen molar-refractivity contribution in [2.24, 2.45) is 4.99 Å². The molecule has 0 aromatic carbocycles. The van der Waals surface area contributed by atoms with Crippen LogP contribution in [0.5, 0.6) is 0 Å². The number of likely N-dealkylation sites (tertiary alicyclic amines) is 1. The molecule has 0 saturated carbocycles. The number of guanidine groups is 1. The maximum atomic E-state index is 4.41. The van der Waals surface area contributed by atoms with Crippen molar-refractivity contribution in [1.82, 2.24) is 20.4 Å². The Labute approximate surface area is 151 Å². The van der Waals surface area contributed by atoms with Crippen LogP contribution in [0.15, 0.2) is 22.5 Å². The molecule has 2 N–H and O–H groups in total. The molecule has 1 aliphatic heterocycles. The van der Waals surface area contributed by atoms with Crippen LogP contribution in [0.4, 0.5) is 0 Å². The standard InChI is InChI=1S/C18H33N5S/c1-14(2)23-10-8-15(9-11-23)21-18(19-3)20-13-16(22(4)5)17-7-6-12-24-17/h6-7,12,14-16H,8-11,13H2,1-5H3,(H2,19,20,21). The fourth-order valence-electron chi connectivity index (χ4n) is 3.16. The van der Waals surface area contributed by atoms with Gasteiger partial charge in [0.05, 0.1) is 6.04 Å². The summed E-state index contributed by atoms with van der Waals surface area (Å²) >= 11 is 1.81. The molecule has 24 heavy (non-hydrogen) atoms. The van der Waals surface area contributed by atoms with Crippen LogP contribution in [0.1, 0.15) is 37.6 Å². The Hall–Kier alpha value is -1.11. The van der Waals surface area contributed by atoms with Gasteiger partial charge in [0.15, 0.2) is 5.96 Å². The zero-order valence-corrected chi connectivity index (χ0v) is 16.6. The van der Waals surface area contributed by atoms with E-state index in [0.717, 1.165) is 12.5 Å². The number of aliphatic imine (C=N–C) groups is 1. The summed E-state index contributed by atoms with van der Waals surface area (Å²) in [6, 6.07) is 5.85. The van der Waals surface area contributed by atoms with Crippen molar-refractivity contribution >= 4 is 17.3 Å². The molecule has 2 rings (SSSR count). The molecule has 136 valence electrons. The van der Waals surface area contributed by atoms with Crippen molar-refractivity contribution in [1.29, 1.82) is 0 Å². The maximum absolute atomic E-state index is 4.41. The van der Waals surface area contributed by atoms with Gasteiger partial charge in [0, 0.05) is 43.6 Å². The largest absolute Gasteiger partial charge is 0.354 e. The van der Waals surface area contributed by atoms with Crippen molar-refractivity contribution in [3.8, 4) is 0 Å². The summed E-state index contributed by atoms with van der Waals surface area (Å²) in [4.78, 5) is 10.6. The summed E-state index contributed by atoms with van der Waals surface area (Å²) in [6.45, 7) is 7.75. The molecule has 0 spiro atoms. The van der Waals surface area contributed by atoms with Crippen LogP contribution in [0.3, 0.4) is 0 Å². The highest BCUT2D eigenvalue weighted by atomic mass is 32.1. The number of nitrogens with one attached hydrogen (secondary N) is 2. The van der Waals surface area contributed by atoms with Gasteiger partial charge in [-0.2, -0.15) is 0 Å². The first-order valence-electron chi connectivity index (χ1n) is 8.92. The van der Waals surface area contributed by atoms with Gasteiger partial charge in [-0.15, -0.1) is 11.3 Å². The van der Waals surface area contributed by atoms with Gasteiger partial charge in [-0.05, 0) is 52.2 Å². The van der Waals surface area contributed by atoms with E-state index < -0.39 is 0 Å². The topological polar surface area (TPSA) is 42.9 Å². The third kappa shape index (κ3) is 5.46. The molecule has 0 aliphatic carbocycles. The fraction of sp³-hybridized carbons (Fsp3) is 0.722. The highest BCUT2D eigenvalue weighted by Gasteiger charge is 2.22. The number of rotatable bonds is 6. The lowest BCUT2D eigenvalue weighted by molar-refractivity contribution is 0.167. The number of piperidine rings is 1. The van der Waals surface area contributed by atoms with E-state index in [1.54, 1.807) is 0 Å². The van der Waals surface area contributed by atoms with E-state index in [0.29, 0.717) is 18.1 Å². The van der Waals surface area contributed by atoms with Crippen LogP contribution in [-0.4, -0.2) is 68.6 Å². The van der Waals surface area contributed by atoms with E-state index in [1.807, 2.05) is 18.4 Å². The molecular weight excluding hydrogens is 318 g/mol. The first-order valence-corrected chi connectivity index (χ1v) is 9.80. The third-order valence-corrected chi connectivity index (χ3v) is 5.76. The second kappa shape index (κ2) is 9.39. The van der Waals surface area contributed by atoms with Gasteiger partial charge in [-0.3, -0.25) is 4.99 Å². The van der Waals surface area contributed by atoms with E-state index in [-0.39, 0.29) is 0 Å². The van der Waals surface area contributed by atoms with Crippen LogP contribution in [0, 0.1) is 0 Å². The van der Waals surface area contributed by atoms with Crippen LogP contribution >= 0.6 is 11.3 Å². The molecule has 1 aromatic rings. The zero-order chi connectivity index (χ0) is 17.5. The second-order valence-corrected chi connectivity index (χ2v) is 7.98. The minimum atomic E-state index is 0.367. The number of nitrogens with zero attached hydrogens (tertiary/aromatic N) is 3. The van der Waals surface area contributed by atoms with Crippen LogP contribution < -0.4 is 10.6 Å². The molecule has 0 radical (unpaired) electrons. The Morgan fingerprint density at radius 1 is 1.38 bits per heavy atom. The molecule has 1 aromatic heterocycles.